The molecule has 1 aliphatic heterocycles. The number of aromatic nitrogens is 1. The van der Waals surface area contributed by atoms with E-state index in [1.807, 2.05) is 6.07 Å². The van der Waals surface area contributed by atoms with Crippen molar-refractivity contribution in [3.05, 3.63) is 39.9 Å². The number of hydrogen-bond acceptors (Lipinski definition) is 5. The monoisotopic (exact) mass is 332 g/mol. The van der Waals surface area contributed by atoms with Gasteiger partial charge in [0.1, 0.15) is 5.76 Å². The fourth-order valence-electron chi connectivity index (χ4n) is 3.11. The van der Waals surface area contributed by atoms with E-state index in [-0.39, 0.29) is 11.9 Å². The van der Waals surface area contributed by atoms with E-state index >= 15 is 0 Å². The van der Waals surface area contributed by atoms with E-state index in [1.54, 1.807) is 17.4 Å². The second-order valence-electron chi connectivity index (χ2n) is 6.31. The normalized spacial score (nSPS) is 20.3. The van der Waals surface area contributed by atoms with Crippen LogP contribution in [0.2, 0.25) is 0 Å². The first-order valence-corrected chi connectivity index (χ1v) is 9.08. The second-order valence-corrected chi connectivity index (χ2v) is 7.28. The van der Waals surface area contributed by atoms with Crippen LogP contribution in [0, 0.1) is 5.92 Å². The maximum Gasteiger partial charge on any atom is 0.273 e. The molecular formula is C17H20N2O3S. The van der Waals surface area contributed by atoms with Gasteiger partial charge < -0.3 is 14.6 Å². The summed E-state index contributed by atoms with van der Waals surface area (Å²) in [6.07, 6.45) is 4.20. The van der Waals surface area contributed by atoms with Crippen molar-refractivity contribution in [2.24, 2.45) is 5.92 Å². The molecule has 2 fully saturated rings. The summed E-state index contributed by atoms with van der Waals surface area (Å²) in [6, 6.07) is 5.93. The molecule has 122 valence electrons. The first kappa shape index (κ1) is 14.9. The highest BCUT2D eigenvalue weighted by atomic mass is 32.1. The van der Waals surface area contributed by atoms with Crippen LogP contribution in [0.1, 0.15) is 58.8 Å². The number of ether oxygens (including phenoxy) is 1. The van der Waals surface area contributed by atoms with Crippen molar-refractivity contribution in [3.8, 4) is 0 Å². The van der Waals surface area contributed by atoms with E-state index < -0.39 is 0 Å². The summed E-state index contributed by atoms with van der Waals surface area (Å²) in [5.41, 5.74) is 0.389. The van der Waals surface area contributed by atoms with Crippen LogP contribution in [-0.4, -0.2) is 24.3 Å². The Morgan fingerprint density at radius 1 is 1.30 bits per heavy atom. The van der Waals surface area contributed by atoms with Gasteiger partial charge in [0.25, 0.3) is 5.91 Å². The van der Waals surface area contributed by atoms with E-state index in [4.69, 9.17) is 9.26 Å². The number of thiophene rings is 1. The molecule has 1 amide bonds. The molecule has 2 aliphatic rings. The Labute approximate surface area is 139 Å². The highest BCUT2D eigenvalue weighted by molar-refractivity contribution is 7.10. The second kappa shape index (κ2) is 6.45. The van der Waals surface area contributed by atoms with Gasteiger partial charge in [-0.25, -0.2) is 0 Å². The summed E-state index contributed by atoms with van der Waals surface area (Å²) in [5, 5.41) is 9.17. The maximum atomic E-state index is 12.6. The van der Waals surface area contributed by atoms with Crippen molar-refractivity contribution < 1.29 is 14.1 Å². The van der Waals surface area contributed by atoms with Gasteiger partial charge in [0.05, 0.1) is 6.04 Å². The Balaban J connectivity index is 1.50. The van der Waals surface area contributed by atoms with Crippen molar-refractivity contribution in [1.29, 1.82) is 0 Å². The molecule has 0 bridgehead atoms. The fraction of sp³-hybridized carbons (Fsp3) is 0.529. The number of amides is 1. The van der Waals surface area contributed by atoms with Crippen molar-refractivity contribution in [1.82, 2.24) is 10.5 Å². The van der Waals surface area contributed by atoms with Gasteiger partial charge in [0.2, 0.25) is 0 Å². The number of carbonyl (C=O) groups excluding carboxylic acids is 1. The number of hydrogen-bond donors (Lipinski definition) is 1. The first-order valence-electron chi connectivity index (χ1n) is 8.20. The first-order chi connectivity index (χ1) is 11.3. The quantitative estimate of drug-likeness (QED) is 0.910. The zero-order valence-corrected chi connectivity index (χ0v) is 13.7. The van der Waals surface area contributed by atoms with Gasteiger partial charge in [-0.2, -0.15) is 0 Å². The van der Waals surface area contributed by atoms with Gasteiger partial charge in [-0.15, -0.1) is 11.3 Å². The molecule has 2 aromatic rings. The third kappa shape index (κ3) is 3.33. The third-order valence-corrected chi connectivity index (χ3v) is 5.57. The Hall–Kier alpha value is -1.66. The molecular weight excluding hydrogens is 312 g/mol. The third-order valence-electron chi connectivity index (χ3n) is 4.61. The lowest BCUT2D eigenvalue weighted by Gasteiger charge is -2.30. The molecule has 0 unspecified atom stereocenters. The average Bonchev–Trinajstić information content (AvgIpc) is 3.10. The molecule has 2 aromatic heterocycles. The van der Waals surface area contributed by atoms with Crippen LogP contribution in [0.15, 0.2) is 28.1 Å². The molecule has 6 heteroatoms. The molecule has 4 rings (SSSR count). The van der Waals surface area contributed by atoms with Gasteiger partial charge in [-0.3, -0.25) is 4.79 Å². The smallest absolute Gasteiger partial charge is 0.273 e. The van der Waals surface area contributed by atoms with Crippen molar-refractivity contribution >= 4 is 17.2 Å². The van der Waals surface area contributed by atoms with Gasteiger partial charge >= 0.3 is 0 Å². The molecule has 1 atom stereocenters. The molecule has 0 aromatic carbocycles. The molecule has 1 saturated carbocycles. The van der Waals surface area contributed by atoms with Crippen LogP contribution in [-0.2, 0) is 4.74 Å². The average molecular weight is 332 g/mol. The van der Waals surface area contributed by atoms with E-state index in [0.29, 0.717) is 17.5 Å². The van der Waals surface area contributed by atoms with Crippen molar-refractivity contribution in [3.63, 3.8) is 0 Å². The topological polar surface area (TPSA) is 64.4 Å². The Morgan fingerprint density at radius 2 is 2.13 bits per heavy atom. The molecule has 1 saturated heterocycles. The minimum atomic E-state index is -0.148. The summed E-state index contributed by atoms with van der Waals surface area (Å²) >= 11 is 1.68. The largest absolute Gasteiger partial charge is 0.381 e. The zero-order chi connectivity index (χ0) is 15.6. The lowest BCUT2D eigenvalue weighted by Crippen LogP contribution is -2.35. The minimum absolute atomic E-state index is 0.0208. The van der Waals surface area contributed by atoms with E-state index in [0.717, 1.165) is 44.7 Å². The number of nitrogens with one attached hydrogen (secondary N) is 1. The summed E-state index contributed by atoms with van der Waals surface area (Å²) in [5.74, 6) is 1.56. The Kier molecular flexibility index (Phi) is 4.18. The standard InChI is InChI=1S/C17H20N2O3S/c20-17(13-10-14(22-19-13)11-3-4-11)18-16(15-2-1-9-23-15)12-5-7-21-8-6-12/h1-2,9-12,16H,3-8H2,(H,18,20)/t16-/m1/s1. The maximum absolute atomic E-state index is 12.6. The lowest BCUT2D eigenvalue weighted by atomic mass is 9.90. The minimum Gasteiger partial charge on any atom is -0.381 e. The summed E-state index contributed by atoms with van der Waals surface area (Å²) in [6.45, 7) is 1.52. The molecule has 23 heavy (non-hydrogen) atoms. The van der Waals surface area contributed by atoms with Crippen LogP contribution < -0.4 is 5.32 Å². The number of carbonyl (C=O) groups is 1. The molecule has 5 nitrogen and oxygen atoms in total. The van der Waals surface area contributed by atoms with E-state index in [9.17, 15) is 4.79 Å². The molecule has 1 aliphatic carbocycles. The van der Waals surface area contributed by atoms with Crippen molar-refractivity contribution in [2.45, 2.75) is 37.6 Å². The summed E-state index contributed by atoms with van der Waals surface area (Å²) in [4.78, 5) is 13.8. The van der Waals surface area contributed by atoms with E-state index in [1.165, 1.54) is 4.88 Å². The fourth-order valence-corrected chi connectivity index (χ4v) is 3.98. The predicted molar refractivity (Wildman–Crippen MR) is 86.5 cm³/mol. The van der Waals surface area contributed by atoms with Crippen LogP contribution in [0.25, 0.3) is 0 Å². The van der Waals surface area contributed by atoms with Gasteiger partial charge in [0.15, 0.2) is 5.69 Å². The van der Waals surface area contributed by atoms with E-state index in [2.05, 4.69) is 21.9 Å². The summed E-state index contributed by atoms with van der Waals surface area (Å²) in [7, 11) is 0. The number of nitrogens with zero attached hydrogens (tertiary/aromatic N) is 1. The van der Waals surface area contributed by atoms with Crippen molar-refractivity contribution in [2.75, 3.05) is 13.2 Å². The van der Waals surface area contributed by atoms with Gasteiger partial charge in [-0.05, 0) is 43.0 Å². The highest BCUT2D eigenvalue weighted by Crippen LogP contribution is 2.40. The molecule has 1 N–H and O–H groups in total. The Bertz CT molecular complexity index is 657. The lowest BCUT2D eigenvalue weighted by molar-refractivity contribution is 0.0517. The molecule has 0 radical (unpaired) electrons. The molecule has 3 heterocycles. The Morgan fingerprint density at radius 3 is 2.83 bits per heavy atom. The SMILES string of the molecule is O=C(N[C@@H](c1cccs1)C1CCOCC1)c1cc(C2CC2)on1. The van der Waals surface area contributed by atoms with Crippen LogP contribution in [0.3, 0.4) is 0 Å². The van der Waals surface area contributed by atoms with Crippen LogP contribution >= 0.6 is 11.3 Å². The summed E-state index contributed by atoms with van der Waals surface area (Å²) < 4.78 is 10.8. The zero-order valence-electron chi connectivity index (χ0n) is 12.9. The van der Waals surface area contributed by atoms with Gasteiger partial charge in [-0.1, -0.05) is 11.2 Å². The van der Waals surface area contributed by atoms with Crippen LogP contribution in [0.5, 0.6) is 0 Å². The van der Waals surface area contributed by atoms with Crippen LogP contribution in [0.4, 0.5) is 0 Å². The predicted octanol–water partition coefficient (Wildman–Crippen LogP) is 3.51. The number of rotatable bonds is 5. The van der Waals surface area contributed by atoms with Gasteiger partial charge in [0, 0.05) is 30.1 Å². The molecule has 0 spiro atoms. The highest BCUT2D eigenvalue weighted by Gasteiger charge is 2.31.